The number of hydrogen-bond acceptors (Lipinski definition) is 4. The first kappa shape index (κ1) is 13.5. The molecule has 3 rings (SSSR count). The number of Topliss-reactive ketones (excluding diaryl/α,β-unsaturated/α-hetero) is 1. The number of carbonyl (C=O) groups is 2. The Morgan fingerprint density at radius 1 is 1.30 bits per heavy atom. The highest BCUT2D eigenvalue weighted by molar-refractivity contribution is 7.15. The number of ketones is 1. The van der Waals surface area contributed by atoms with Crippen molar-refractivity contribution >= 4 is 51.9 Å². The van der Waals surface area contributed by atoms with Gasteiger partial charge < -0.3 is 0 Å². The van der Waals surface area contributed by atoms with Crippen molar-refractivity contribution in [1.82, 2.24) is 4.98 Å². The highest BCUT2D eigenvalue weighted by Crippen LogP contribution is 2.37. The van der Waals surface area contributed by atoms with E-state index in [1.807, 2.05) is 0 Å². The molecule has 0 atom stereocenters. The molecule has 0 unspecified atom stereocenters. The fraction of sp³-hybridized carbons (Fsp3) is 0.0833. The second-order valence-electron chi connectivity index (χ2n) is 4.05. The summed E-state index contributed by atoms with van der Waals surface area (Å²) in [6.07, 6.45) is 1.48. The molecule has 102 valence electrons. The lowest BCUT2D eigenvalue weighted by Gasteiger charge is -2.15. The third-order valence-electron chi connectivity index (χ3n) is 2.85. The SMILES string of the molecule is O=C1C(=O)N(Cc2cnc(Cl)s2)c2c(F)ccc(Cl)c21. The predicted molar refractivity (Wildman–Crippen MR) is 74.1 cm³/mol. The van der Waals surface area contributed by atoms with Crippen molar-refractivity contribution in [2.75, 3.05) is 4.90 Å². The quantitative estimate of drug-likeness (QED) is 0.793. The zero-order chi connectivity index (χ0) is 14.4. The molecule has 0 saturated heterocycles. The molecule has 1 aromatic heterocycles. The van der Waals surface area contributed by atoms with Crippen LogP contribution < -0.4 is 4.90 Å². The van der Waals surface area contributed by atoms with Gasteiger partial charge in [-0.15, -0.1) is 11.3 Å². The van der Waals surface area contributed by atoms with Crippen LogP contribution in [0.1, 0.15) is 15.2 Å². The van der Waals surface area contributed by atoms with Gasteiger partial charge in [-0.3, -0.25) is 14.5 Å². The van der Waals surface area contributed by atoms with Crippen molar-refractivity contribution < 1.29 is 14.0 Å². The van der Waals surface area contributed by atoms with Crippen molar-refractivity contribution in [2.24, 2.45) is 0 Å². The van der Waals surface area contributed by atoms with E-state index in [2.05, 4.69) is 4.98 Å². The zero-order valence-electron chi connectivity index (χ0n) is 9.69. The molecule has 0 saturated carbocycles. The lowest BCUT2D eigenvalue weighted by molar-refractivity contribution is -0.114. The van der Waals surface area contributed by atoms with E-state index in [4.69, 9.17) is 23.2 Å². The second kappa shape index (κ2) is 4.80. The Hall–Kier alpha value is -1.50. The minimum absolute atomic E-state index is 0.0270. The van der Waals surface area contributed by atoms with Crippen LogP contribution in [0.15, 0.2) is 18.3 Å². The molecule has 0 bridgehead atoms. The number of halogens is 3. The molecule has 0 spiro atoms. The van der Waals surface area contributed by atoms with Crippen molar-refractivity contribution in [3.63, 3.8) is 0 Å². The summed E-state index contributed by atoms with van der Waals surface area (Å²) in [5, 5.41) is 0.0598. The van der Waals surface area contributed by atoms with Gasteiger partial charge in [0, 0.05) is 11.1 Å². The van der Waals surface area contributed by atoms with Gasteiger partial charge in [0.1, 0.15) is 5.82 Å². The first-order valence-electron chi connectivity index (χ1n) is 5.43. The van der Waals surface area contributed by atoms with E-state index in [1.165, 1.54) is 12.3 Å². The van der Waals surface area contributed by atoms with Crippen molar-refractivity contribution in [3.05, 3.63) is 44.1 Å². The maximum Gasteiger partial charge on any atom is 0.299 e. The number of amides is 1. The number of hydrogen-bond donors (Lipinski definition) is 0. The Balaban J connectivity index is 2.08. The molecular weight excluding hydrogens is 326 g/mol. The third kappa shape index (κ3) is 2.00. The van der Waals surface area contributed by atoms with Gasteiger partial charge in [-0.2, -0.15) is 0 Å². The molecule has 0 aliphatic carbocycles. The summed E-state index contributed by atoms with van der Waals surface area (Å²) in [5.41, 5.74) is -0.177. The van der Waals surface area contributed by atoms with Gasteiger partial charge in [0.05, 0.1) is 22.8 Å². The van der Waals surface area contributed by atoms with Gasteiger partial charge in [0.15, 0.2) is 4.47 Å². The van der Waals surface area contributed by atoms with Gasteiger partial charge in [0.25, 0.3) is 11.7 Å². The van der Waals surface area contributed by atoms with E-state index in [9.17, 15) is 14.0 Å². The number of carbonyl (C=O) groups excluding carboxylic acids is 2. The summed E-state index contributed by atoms with van der Waals surface area (Å²) >= 11 is 12.7. The lowest BCUT2D eigenvalue weighted by atomic mass is 10.1. The average molecular weight is 331 g/mol. The maximum absolute atomic E-state index is 13.9. The largest absolute Gasteiger partial charge is 0.299 e. The maximum atomic E-state index is 13.9. The summed E-state index contributed by atoms with van der Waals surface area (Å²) < 4.78 is 14.2. The van der Waals surface area contributed by atoms with Gasteiger partial charge in [-0.1, -0.05) is 23.2 Å². The van der Waals surface area contributed by atoms with Crippen LogP contribution >= 0.6 is 34.5 Å². The van der Waals surface area contributed by atoms with Gasteiger partial charge in [-0.05, 0) is 12.1 Å². The number of anilines is 1. The van der Waals surface area contributed by atoms with E-state index in [0.717, 1.165) is 22.3 Å². The summed E-state index contributed by atoms with van der Waals surface area (Å²) in [4.78, 5) is 29.4. The molecule has 20 heavy (non-hydrogen) atoms. The first-order chi connectivity index (χ1) is 9.49. The minimum Gasteiger partial charge on any atom is -0.297 e. The van der Waals surface area contributed by atoms with Gasteiger partial charge >= 0.3 is 0 Å². The molecule has 2 aromatic rings. The highest BCUT2D eigenvalue weighted by atomic mass is 35.5. The van der Waals surface area contributed by atoms with Crippen LogP contribution in [0.3, 0.4) is 0 Å². The Morgan fingerprint density at radius 3 is 2.70 bits per heavy atom. The monoisotopic (exact) mass is 330 g/mol. The smallest absolute Gasteiger partial charge is 0.297 e. The molecule has 1 aromatic carbocycles. The summed E-state index contributed by atoms with van der Waals surface area (Å²) in [6, 6.07) is 2.38. The molecule has 1 amide bonds. The van der Waals surface area contributed by atoms with E-state index in [1.54, 1.807) is 0 Å². The number of rotatable bonds is 2. The molecule has 0 N–H and O–H groups in total. The normalized spacial score (nSPS) is 14.1. The lowest BCUT2D eigenvalue weighted by Crippen LogP contribution is -2.29. The molecule has 0 radical (unpaired) electrons. The zero-order valence-corrected chi connectivity index (χ0v) is 12.0. The summed E-state index contributed by atoms with van der Waals surface area (Å²) in [7, 11) is 0. The third-order valence-corrected chi connectivity index (χ3v) is 4.27. The molecule has 0 fully saturated rings. The topological polar surface area (TPSA) is 50.3 Å². The molecule has 1 aliphatic rings. The van der Waals surface area contributed by atoms with Crippen molar-refractivity contribution in [3.8, 4) is 0 Å². The van der Waals surface area contributed by atoms with Crippen molar-refractivity contribution in [1.29, 1.82) is 0 Å². The fourth-order valence-corrected chi connectivity index (χ4v) is 3.22. The number of fused-ring (bicyclic) bond motifs is 1. The van der Waals surface area contributed by atoms with Crippen LogP contribution in [0.4, 0.5) is 10.1 Å². The molecule has 1 aliphatic heterocycles. The van der Waals surface area contributed by atoms with Crippen LogP contribution in [0.5, 0.6) is 0 Å². The molecule has 2 heterocycles. The van der Waals surface area contributed by atoms with Crippen molar-refractivity contribution in [2.45, 2.75) is 6.54 Å². The number of benzene rings is 1. The van der Waals surface area contributed by atoms with Crippen LogP contribution in [0, 0.1) is 5.82 Å². The number of aromatic nitrogens is 1. The van der Waals surface area contributed by atoms with E-state index in [-0.39, 0.29) is 22.8 Å². The molecular formula is C12H5Cl2FN2O2S. The number of thiazole rings is 1. The summed E-state index contributed by atoms with van der Waals surface area (Å²) in [5.74, 6) is -2.28. The highest BCUT2D eigenvalue weighted by Gasteiger charge is 2.40. The molecule has 8 heteroatoms. The Kier molecular flexibility index (Phi) is 3.24. The van der Waals surface area contributed by atoms with Crippen LogP contribution in [-0.2, 0) is 11.3 Å². The Labute approximate surface area is 126 Å². The standard InChI is InChI=1S/C12H5Cl2FN2O2S/c13-6-1-2-7(15)9-8(6)10(18)11(19)17(9)4-5-3-16-12(14)20-5/h1-3H,4H2. The Morgan fingerprint density at radius 2 is 2.05 bits per heavy atom. The first-order valence-corrected chi connectivity index (χ1v) is 7.00. The predicted octanol–water partition coefficient (Wildman–Crippen LogP) is 3.32. The summed E-state index contributed by atoms with van der Waals surface area (Å²) in [6.45, 7) is 0.0270. The van der Waals surface area contributed by atoms with Gasteiger partial charge in [0.2, 0.25) is 0 Å². The molecule has 4 nitrogen and oxygen atoms in total. The second-order valence-corrected chi connectivity index (χ2v) is 6.16. The van der Waals surface area contributed by atoms with Gasteiger partial charge in [-0.25, -0.2) is 9.37 Å². The van der Waals surface area contributed by atoms with E-state index < -0.39 is 17.5 Å². The fourth-order valence-electron chi connectivity index (χ4n) is 2.02. The average Bonchev–Trinajstić information content (AvgIpc) is 2.92. The number of nitrogens with zero attached hydrogens (tertiary/aromatic N) is 2. The van der Waals surface area contributed by atoms with E-state index >= 15 is 0 Å². The van der Waals surface area contributed by atoms with Crippen LogP contribution in [0.2, 0.25) is 9.49 Å². The van der Waals surface area contributed by atoms with Crippen LogP contribution in [-0.4, -0.2) is 16.7 Å². The Bertz CT molecular complexity index is 747. The minimum atomic E-state index is -0.809. The van der Waals surface area contributed by atoms with E-state index in [0.29, 0.717) is 9.34 Å². The van der Waals surface area contributed by atoms with Crippen LogP contribution in [0.25, 0.3) is 0 Å².